The number of carbonyl (C=O) groups is 1. The highest BCUT2D eigenvalue weighted by atomic mass is 16.7. The van der Waals surface area contributed by atoms with Gasteiger partial charge in [0.1, 0.15) is 5.82 Å². The van der Waals surface area contributed by atoms with Gasteiger partial charge in [-0.1, -0.05) is 47.5 Å². The van der Waals surface area contributed by atoms with E-state index in [1.165, 1.54) is 12.8 Å². The SMILES string of the molecule is CC1(C)OCCO1.CC1(C)OCCO1.COCCN(C)C.Cc1nc(C(=O)NC(N)=NCCCCCC(C)(C)CC(C)(C)C)c(N)nc1N. The third kappa shape index (κ3) is 24.2. The summed E-state index contributed by atoms with van der Waals surface area (Å²) in [5.74, 6) is -0.945. The first kappa shape index (κ1) is 46.4. The van der Waals surface area contributed by atoms with Crippen molar-refractivity contribution in [2.24, 2.45) is 21.6 Å². The normalized spacial score (nSPS) is 16.9. The number of nitrogens with zero attached hydrogens (tertiary/aromatic N) is 4. The number of unbranched alkanes of at least 4 members (excludes halogenated alkanes) is 2. The molecule has 2 aliphatic heterocycles. The van der Waals surface area contributed by atoms with Gasteiger partial charge in [-0.05, 0) is 78.8 Å². The first-order valence-corrected chi connectivity index (χ1v) is 17.2. The first-order chi connectivity index (χ1) is 22.5. The molecule has 2 saturated heterocycles. The largest absolute Gasteiger partial charge is 0.383 e. The summed E-state index contributed by atoms with van der Waals surface area (Å²) in [5, 5.41) is 2.49. The van der Waals surface area contributed by atoms with Crippen LogP contribution in [0.15, 0.2) is 4.99 Å². The zero-order chi connectivity index (χ0) is 37.9. The molecule has 0 bridgehead atoms. The molecule has 3 rings (SSSR count). The second-order valence-electron chi connectivity index (χ2n) is 15.4. The molecule has 1 aromatic rings. The molecular weight excluding hydrogens is 628 g/mol. The lowest BCUT2D eigenvalue weighted by Crippen LogP contribution is -2.38. The van der Waals surface area contributed by atoms with E-state index >= 15 is 0 Å². The van der Waals surface area contributed by atoms with Gasteiger partial charge in [-0.2, -0.15) is 0 Å². The standard InChI is InChI=1S/C20H37N7O.C5H13NO.2C5H10O2/c1-13-15(21)26-16(22)14(25-13)17(28)27-18(23)24-11-9-7-8-10-20(5,6)12-19(2,3)4;1-6(2)4-5-7-3;2*1-5(2)6-3-4-7-5/h7-12H2,1-6H3,(H4,21,22,26)(H3,23,24,27,28);4-5H2,1-3H3;2*3-4H2,1-2H3. The van der Waals surface area contributed by atoms with E-state index in [9.17, 15) is 4.79 Å². The molecule has 0 atom stereocenters. The van der Waals surface area contributed by atoms with Gasteiger partial charge in [0.15, 0.2) is 29.0 Å². The number of nitrogens with one attached hydrogen (secondary N) is 1. The number of aromatic nitrogens is 2. The van der Waals surface area contributed by atoms with Crippen LogP contribution < -0.4 is 22.5 Å². The summed E-state index contributed by atoms with van der Waals surface area (Å²) < 4.78 is 25.3. The lowest BCUT2D eigenvalue weighted by atomic mass is 9.73. The summed E-state index contributed by atoms with van der Waals surface area (Å²) in [4.78, 5) is 26.4. The quantitative estimate of drug-likeness (QED) is 0.141. The molecule has 0 unspecified atom stereocenters. The van der Waals surface area contributed by atoms with E-state index < -0.39 is 5.91 Å². The fraction of sp³-hybridized carbons (Fsp3) is 0.829. The van der Waals surface area contributed by atoms with Crippen LogP contribution in [-0.4, -0.2) is 106 Å². The van der Waals surface area contributed by atoms with E-state index in [4.69, 9.17) is 40.9 Å². The molecule has 286 valence electrons. The molecule has 0 spiro atoms. The maximum atomic E-state index is 12.2. The number of methoxy groups -OCH3 is 1. The minimum absolute atomic E-state index is 0.00840. The molecule has 1 amide bonds. The topological polar surface area (TPSA) is 195 Å². The molecule has 2 fully saturated rings. The van der Waals surface area contributed by atoms with Gasteiger partial charge in [0, 0.05) is 20.2 Å². The van der Waals surface area contributed by atoms with Gasteiger partial charge < -0.3 is 45.8 Å². The number of anilines is 2. The minimum Gasteiger partial charge on any atom is -0.383 e. The van der Waals surface area contributed by atoms with Crippen LogP contribution in [0.4, 0.5) is 11.6 Å². The average molecular weight is 699 g/mol. The van der Waals surface area contributed by atoms with Crippen molar-refractivity contribution in [3.8, 4) is 0 Å². The zero-order valence-corrected chi connectivity index (χ0v) is 33.0. The fourth-order valence-electron chi connectivity index (χ4n) is 5.05. The first-order valence-electron chi connectivity index (χ1n) is 17.2. The van der Waals surface area contributed by atoms with Crippen molar-refractivity contribution >= 4 is 23.5 Å². The maximum Gasteiger partial charge on any atom is 0.280 e. The Kier molecular flexibility index (Phi) is 21.1. The van der Waals surface area contributed by atoms with Crippen LogP contribution in [-0.2, 0) is 23.7 Å². The second-order valence-corrected chi connectivity index (χ2v) is 15.4. The third-order valence-corrected chi connectivity index (χ3v) is 7.10. The Balaban J connectivity index is 0.000000869. The van der Waals surface area contributed by atoms with E-state index in [2.05, 4.69) is 59.8 Å². The van der Waals surface area contributed by atoms with Crippen molar-refractivity contribution in [1.29, 1.82) is 0 Å². The summed E-state index contributed by atoms with van der Waals surface area (Å²) in [6, 6.07) is 0. The Labute approximate surface area is 296 Å². The fourth-order valence-corrected chi connectivity index (χ4v) is 5.05. The number of hydrogen-bond donors (Lipinski definition) is 4. The van der Waals surface area contributed by atoms with Crippen molar-refractivity contribution in [3.63, 3.8) is 0 Å². The molecule has 0 aromatic carbocycles. The van der Waals surface area contributed by atoms with E-state index in [0.29, 0.717) is 23.1 Å². The molecule has 49 heavy (non-hydrogen) atoms. The predicted molar refractivity (Wildman–Crippen MR) is 198 cm³/mol. The lowest BCUT2D eigenvalue weighted by Gasteiger charge is -2.32. The molecular formula is C35H70N8O6. The van der Waals surface area contributed by atoms with Crippen LogP contribution in [0.2, 0.25) is 0 Å². The Morgan fingerprint density at radius 2 is 1.41 bits per heavy atom. The number of carbonyl (C=O) groups excluding carboxylic acids is 1. The summed E-state index contributed by atoms with van der Waals surface area (Å²) in [7, 11) is 5.77. The number of ether oxygens (including phenoxy) is 5. The van der Waals surface area contributed by atoms with Gasteiger partial charge in [0.25, 0.3) is 5.91 Å². The van der Waals surface area contributed by atoms with E-state index in [1.807, 2.05) is 41.8 Å². The monoisotopic (exact) mass is 699 g/mol. The Bertz CT molecular complexity index is 1080. The van der Waals surface area contributed by atoms with Crippen molar-refractivity contribution in [2.45, 2.75) is 113 Å². The maximum absolute atomic E-state index is 12.2. The molecule has 1 aromatic heterocycles. The van der Waals surface area contributed by atoms with Crippen LogP contribution in [0.3, 0.4) is 0 Å². The van der Waals surface area contributed by atoms with Gasteiger partial charge in [-0.25, -0.2) is 9.97 Å². The number of aryl methyl sites for hydroxylation is 1. The van der Waals surface area contributed by atoms with Crippen LogP contribution in [0.5, 0.6) is 0 Å². The Morgan fingerprint density at radius 3 is 1.80 bits per heavy atom. The van der Waals surface area contributed by atoms with Crippen molar-refractivity contribution in [1.82, 2.24) is 20.2 Å². The number of rotatable bonds is 11. The number of hydrogen-bond acceptors (Lipinski definition) is 12. The molecule has 7 N–H and O–H groups in total. The summed E-state index contributed by atoms with van der Waals surface area (Å²) in [5.41, 5.74) is 18.2. The molecule has 3 heterocycles. The minimum atomic E-state index is -0.543. The van der Waals surface area contributed by atoms with E-state index in [-0.39, 0.29) is 34.9 Å². The number of likely N-dealkylation sites (N-methyl/N-ethyl adjacent to an activating group) is 1. The summed E-state index contributed by atoms with van der Waals surface area (Å²) in [6.07, 6.45) is 5.54. The molecule has 14 nitrogen and oxygen atoms in total. The number of amides is 1. The van der Waals surface area contributed by atoms with Crippen LogP contribution in [0.1, 0.15) is 111 Å². The predicted octanol–water partition coefficient (Wildman–Crippen LogP) is 4.75. The number of nitrogens with two attached hydrogens (primary N) is 3. The Hall–Kier alpha value is -2.62. The average Bonchev–Trinajstić information content (AvgIpc) is 3.56. The summed E-state index contributed by atoms with van der Waals surface area (Å²) in [6.45, 7) is 26.2. The zero-order valence-electron chi connectivity index (χ0n) is 33.0. The molecule has 0 aliphatic carbocycles. The van der Waals surface area contributed by atoms with Crippen molar-refractivity contribution in [2.75, 3.05) is 78.8 Å². The molecule has 0 radical (unpaired) electrons. The second kappa shape index (κ2) is 22.3. The van der Waals surface area contributed by atoms with E-state index in [0.717, 1.165) is 58.8 Å². The number of nitrogen functional groups attached to an aromatic ring is 2. The highest BCUT2D eigenvalue weighted by Gasteiger charge is 2.25. The Morgan fingerprint density at radius 1 is 0.898 bits per heavy atom. The van der Waals surface area contributed by atoms with Crippen molar-refractivity contribution < 1.29 is 28.5 Å². The molecule has 14 heteroatoms. The highest BCUT2D eigenvalue weighted by molar-refractivity contribution is 6.06. The lowest BCUT2D eigenvalue weighted by molar-refractivity contribution is -0.126. The third-order valence-electron chi connectivity index (χ3n) is 7.10. The van der Waals surface area contributed by atoms with Gasteiger partial charge in [0.2, 0.25) is 0 Å². The van der Waals surface area contributed by atoms with Crippen LogP contribution >= 0.6 is 0 Å². The van der Waals surface area contributed by atoms with Crippen LogP contribution in [0, 0.1) is 17.8 Å². The van der Waals surface area contributed by atoms with E-state index in [1.54, 1.807) is 14.0 Å². The van der Waals surface area contributed by atoms with Gasteiger partial charge in [-0.15, -0.1) is 0 Å². The highest BCUT2D eigenvalue weighted by Crippen LogP contribution is 2.37. The molecule has 0 saturated carbocycles. The van der Waals surface area contributed by atoms with Crippen molar-refractivity contribution in [3.05, 3.63) is 11.4 Å². The van der Waals surface area contributed by atoms with Gasteiger partial charge in [0.05, 0.1) is 38.7 Å². The van der Waals surface area contributed by atoms with Gasteiger partial charge >= 0.3 is 0 Å². The number of guanidine groups is 1. The smallest absolute Gasteiger partial charge is 0.280 e. The molecule has 2 aliphatic rings. The van der Waals surface area contributed by atoms with Gasteiger partial charge in [-0.3, -0.25) is 15.1 Å². The van der Waals surface area contributed by atoms with Crippen LogP contribution in [0.25, 0.3) is 0 Å². The summed E-state index contributed by atoms with van der Waals surface area (Å²) >= 11 is 0. The number of aliphatic imine (C=N–C) groups is 1.